The van der Waals surface area contributed by atoms with Crippen molar-refractivity contribution >= 4 is 17.3 Å². The van der Waals surface area contributed by atoms with Gasteiger partial charge in [0.15, 0.2) is 0 Å². The van der Waals surface area contributed by atoms with Crippen LogP contribution in [-0.4, -0.2) is 0 Å². The van der Waals surface area contributed by atoms with Gasteiger partial charge in [0.25, 0.3) is 0 Å². The number of nitrogens with zero attached hydrogens (tertiary/aromatic N) is 1. The third kappa shape index (κ3) is 1.54. The zero-order valence-electron chi connectivity index (χ0n) is 5.54. The van der Waals surface area contributed by atoms with Crippen LogP contribution in [0.4, 0.5) is 0 Å². The molecule has 1 aromatic heterocycles. The van der Waals surface area contributed by atoms with E-state index in [-0.39, 0.29) is 5.22 Å². The van der Waals surface area contributed by atoms with E-state index in [0.717, 1.165) is 0 Å². The first kappa shape index (κ1) is 7.70. The van der Waals surface area contributed by atoms with Gasteiger partial charge >= 0.3 is 0 Å². The lowest BCUT2D eigenvalue weighted by atomic mass is 10.2. The summed E-state index contributed by atoms with van der Waals surface area (Å²) in [4.78, 5) is 0. The van der Waals surface area contributed by atoms with Crippen LogP contribution in [0.2, 0.25) is 5.22 Å². The smallest absolute Gasteiger partial charge is 0.202 e. The molecule has 3 nitrogen and oxygen atoms in total. The van der Waals surface area contributed by atoms with Crippen molar-refractivity contribution in [2.45, 2.75) is 0 Å². The minimum atomic E-state index is 0.203. The maximum Gasteiger partial charge on any atom is 0.202 e. The highest BCUT2D eigenvalue weighted by Crippen LogP contribution is 2.21. The topological polar surface area (TPSA) is 63.0 Å². The average Bonchev–Trinajstić information content (AvgIpc) is 2.36. The molecule has 1 rings (SSSR count). The molecule has 2 N–H and O–H groups in total. The lowest BCUT2D eigenvalue weighted by Gasteiger charge is -1.92. The summed E-state index contributed by atoms with van der Waals surface area (Å²) in [6.07, 6.45) is 2.62. The van der Waals surface area contributed by atoms with Crippen molar-refractivity contribution in [3.63, 3.8) is 0 Å². The third-order valence-corrected chi connectivity index (χ3v) is 1.44. The summed E-state index contributed by atoms with van der Waals surface area (Å²) in [7, 11) is 0. The molecule has 56 valence electrons. The maximum atomic E-state index is 8.25. The summed E-state index contributed by atoms with van der Waals surface area (Å²) >= 11 is 5.57. The molecule has 0 radical (unpaired) electrons. The average molecular weight is 169 g/mol. The van der Waals surface area contributed by atoms with Crippen LogP contribution in [-0.2, 0) is 0 Å². The Morgan fingerprint density at radius 1 is 1.82 bits per heavy atom. The van der Waals surface area contributed by atoms with Gasteiger partial charge in [-0.05, 0) is 17.7 Å². The number of hydrogen-bond acceptors (Lipinski definition) is 3. The Morgan fingerprint density at radius 2 is 2.55 bits per heavy atom. The molecule has 0 saturated carbocycles. The second kappa shape index (κ2) is 3.13. The highest BCUT2D eigenvalue weighted by Gasteiger charge is 2.04. The van der Waals surface area contributed by atoms with E-state index in [1.54, 1.807) is 12.1 Å². The molecular formula is C7H5ClN2O. The van der Waals surface area contributed by atoms with Gasteiger partial charge in [-0.3, -0.25) is 0 Å². The van der Waals surface area contributed by atoms with Crippen molar-refractivity contribution in [1.29, 1.82) is 5.26 Å². The Morgan fingerprint density at radius 3 is 3.00 bits per heavy atom. The Kier molecular flexibility index (Phi) is 2.19. The van der Waals surface area contributed by atoms with Crippen LogP contribution < -0.4 is 5.73 Å². The van der Waals surface area contributed by atoms with Gasteiger partial charge < -0.3 is 10.2 Å². The monoisotopic (exact) mass is 168 g/mol. The standard InChI is InChI=1S/C7H5ClN2O/c8-7-5(2-4-11-7)6(10)1-3-9/h1-2,4H,10H2/b6-1+. The van der Waals surface area contributed by atoms with E-state index < -0.39 is 0 Å². The van der Waals surface area contributed by atoms with Crippen LogP contribution >= 0.6 is 11.6 Å². The molecule has 11 heavy (non-hydrogen) atoms. The zero-order chi connectivity index (χ0) is 8.27. The third-order valence-electron chi connectivity index (χ3n) is 1.15. The fourth-order valence-corrected chi connectivity index (χ4v) is 0.871. The van der Waals surface area contributed by atoms with Gasteiger partial charge in [-0.25, -0.2) is 0 Å². The number of nitriles is 1. The van der Waals surface area contributed by atoms with E-state index in [4.69, 9.17) is 27.0 Å². The summed E-state index contributed by atoms with van der Waals surface area (Å²) < 4.78 is 4.77. The minimum Gasteiger partial charge on any atom is -0.452 e. The number of nitrogens with two attached hydrogens (primary N) is 1. The second-order valence-electron chi connectivity index (χ2n) is 1.84. The largest absolute Gasteiger partial charge is 0.452 e. The molecule has 4 heteroatoms. The number of allylic oxidation sites excluding steroid dienone is 1. The Bertz CT molecular complexity index is 321. The number of furan rings is 1. The van der Waals surface area contributed by atoms with Crippen LogP contribution in [0.5, 0.6) is 0 Å². The van der Waals surface area contributed by atoms with E-state index in [2.05, 4.69) is 0 Å². The van der Waals surface area contributed by atoms with Crippen molar-refractivity contribution in [3.8, 4) is 6.07 Å². The van der Waals surface area contributed by atoms with Crippen molar-refractivity contribution in [2.75, 3.05) is 0 Å². The SMILES string of the molecule is N#C/C=C(/N)c1ccoc1Cl. The van der Waals surface area contributed by atoms with Gasteiger partial charge in [0.05, 0.1) is 23.6 Å². The van der Waals surface area contributed by atoms with E-state index in [9.17, 15) is 0 Å². The molecule has 0 aliphatic rings. The normalized spacial score (nSPS) is 11.1. The summed E-state index contributed by atoms with van der Waals surface area (Å²) in [5.74, 6) is 0. The molecule has 0 atom stereocenters. The lowest BCUT2D eigenvalue weighted by Crippen LogP contribution is -1.93. The van der Waals surface area contributed by atoms with E-state index >= 15 is 0 Å². The van der Waals surface area contributed by atoms with E-state index in [1.165, 1.54) is 12.3 Å². The fourth-order valence-electron chi connectivity index (χ4n) is 0.648. The Hall–Kier alpha value is -1.40. The highest BCUT2D eigenvalue weighted by atomic mass is 35.5. The number of hydrogen-bond donors (Lipinski definition) is 1. The van der Waals surface area contributed by atoms with Crippen molar-refractivity contribution in [1.82, 2.24) is 0 Å². The molecule has 0 aromatic carbocycles. The lowest BCUT2D eigenvalue weighted by molar-refractivity contribution is 0.568. The number of rotatable bonds is 1. The second-order valence-corrected chi connectivity index (χ2v) is 2.18. The fraction of sp³-hybridized carbons (Fsp3) is 0. The van der Waals surface area contributed by atoms with Gasteiger partial charge in [0.2, 0.25) is 5.22 Å². The predicted molar refractivity (Wildman–Crippen MR) is 41.5 cm³/mol. The van der Waals surface area contributed by atoms with Gasteiger partial charge in [0.1, 0.15) is 0 Å². The van der Waals surface area contributed by atoms with Crippen LogP contribution in [0.15, 0.2) is 22.8 Å². The molecule has 0 aliphatic heterocycles. The molecule has 0 amide bonds. The molecule has 1 aromatic rings. The molecule has 0 bridgehead atoms. The summed E-state index contributed by atoms with van der Waals surface area (Å²) in [6.45, 7) is 0. The Balaban J connectivity index is 3.04. The maximum absolute atomic E-state index is 8.25. The predicted octanol–water partition coefficient (Wildman–Crippen LogP) is 1.76. The first-order chi connectivity index (χ1) is 5.25. The molecule has 0 spiro atoms. The zero-order valence-corrected chi connectivity index (χ0v) is 6.30. The van der Waals surface area contributed by atoms with Gasteiger partial charge in [-0.2, -0.15) is 5.26 Å². The summed E-state index contributed by atoms with van der Waals surface area (Å²) in [5, 5.41) is 8.45. The molecular weight excluding hydrogens is 164 g/mol. The van der Waals surface area contributed by atoms with Gasteiger partial charge in [-0.1, -0.05) is 0 Å². The first-order valence-electron chi connectivity index (χ1n) is 2.84. The van der Waals surface area contributed by atoms with Crippen LogP contribution in [0.25, 0.3) is 5.70 Å². The van der Waals surface area contributed by atoms with E-state index in [1.807, 2.05) is 0 Å². The van der Waals surface area contributed by atoms with Crippen molar-refractivity contribution < 1.29 is 4.42 Å². The van der Waals surface area contributed by atoms with Gasteiger partial charge in [-0.15, -0.1) is 0 Å². The van der Waals surface area contributed by atoms with Gasteiger partial charge in [0, 0.05) is 6.08 Å². The number of halogens is 1. The van der Waals surface area contributed by atoms with Crippen LogP contribution in [0.3, 0.4) is 0 Å². The minimum absolute atomic E-state index is 0.203. The molecule has 0 fully saturated rings. The summed E-state index contributed by atoms with van der Waals surface area (Å²) in [6, 6.07) is 3.40. The summed E-state index contributed by atoms with van der Waals surface area (Å²) in [5.41, 5.74) is 6.31. The molecule has 1 heterocycles. The molecule has 0 unspecified atom stereocenters. The quantitative estimate of drug-likeness (QED) is 0.650. The van der Waals surface area contributed by atoms with Crippen molar-refractivity contribution in [2.24, 2.45) is 5.73 Å². The van der Waals surface area contributed by atoms with Crippen LogP contribution in [0.1, 0.15) is 5.56 Å². The Labute approximate surface area is 68.7 Å². The van der Waals surface area contributed by atoms with E-state index in [0.29, 0.717) is 11.3 Å². The molecule has 0 aliphatic carbocycles. The van der Waals surface area contributed by atoms with Crippen molar-refractivity contribution in [3.05, 3.63) is 29.2 Å². The first-order valence-corrected chi connectivity index (χ1v) is 3.22. The highest BCUT2D eigenvalue weighted by molar-refractivity contribution is 6.30. The van der Waals surface area contributed by atoms with Crippen LogP contribution in [0, 0.1) is 11.3 Å². The molecule has 0 saturated heterocycles.